The van der Waals surface area contributed by atoms with E-state index >= 15 is 0 Å². The molecule has 0 aromatic carbocycles. The van der Waals surface area contributed by atoms with Crippen LogP contribution in [0.3, 0.4) is 0 Å². The zero-order valence-corrected chi connectivity index (χ0v) is 11.3. The second kappa shape index (κ2) is 6.60. The van der Waals surface area contributed by atoms with Gasteiger partial charge in [0.1, 0.15) is 0 Å². The number of rotatable bonds is 6. The molecule has 0 aliphatic carbocycles. The molecule has 1 aromatic heterocycles. The second-order valence-electron chi connectivity index (χ2n) is 4.73. The molecule has 0 spiro atoms. The Hall–Kier alpha value is -1.09. The minimum atomic E-state index is -0.0173. The van der Waals surface area contributed by atoms with Crippen LogP contribution in [-0.2, 0) is 6.61 Å². The largest absolute Gasteiger partial charge is 0.477 e. The zero-order chi connectivity index (χ0) is 12.8. The number of hydrogen-bond acceptors (Lipinski definition) is 3. The maximum absolute atomic E-state index is 9.34. The topological polar surface area (TPSA) is 42.4 Å². The number of hydrogen-bond donors (Lipinski definition) is 1. The first-order chi connectivity index (χ1) is 8.08. The van der Waals surface area contributed by atoms with E-state index in [-0.39, 0.29) is 6.61 Å². The Balaban J connectivity index is 2.75. The number of ether oxygens (including phenoxy) is 1. The van der Waals surface area contributed by atoms with Gasteiger partial charge in [0.15, 0.2) is 0 Å². The van der Waals surface area contributed by atoms with E-state index in [1.54, 1.807) is 0 Å². The van der Waals surface area contributed by atoms with E-state index in [1.165, 1.54) is 0 Å². The van der Waals surface area contributed by atoms with Gasteiger partial charge in [-0.1, -0.05) is 20.3 Å². The second-order valence-corrected chi connectivity index (χ2v) is 4.73. The summed E-state index contributed by atoms with van der Waals surface area (Å²) < 4.78 is 5.73. The minimum absolute atomic E-state index is 0.0173. The van der Waals surface area contributed by atoms with Crippen LogP contribution in [0.5, 0.6) is 5.88 Å². The lowest BCUT2D eigenvalue weighted by molar-refractivity contribution is 0.225. The zero-order valence-electron chi connectivity index (χ0n) is 11.3. The highest BCUT2D eigenvalue weighted by atomic mass is 16.5. The molecule has 17 heavy (non-hydrogen) atoms. The molecule has 0 bridgehead atoms. The lowest BCUT2D eigenvalue weighted by Crippen LogP contribution is -2.11. The van der Waals surface area contributed by atoms with Gasteiger partial charge in [-0.05, 0) is 37.8 Å². The van der Waals surface area contributed by atoms with Crippen LogP contribution in [0.15, 0.2) is 6.07 Å². The summed E-state index contributed by atoms with van der Waals surface area (Å²) in [5.74, 6) is 1.11. The average Bonchev–Trinajstić information content (AvgIpc) is 2.26. The smallest absolute Gasteiger partial charge is 0.219 e. The molecule has 1 heterocycles. The third kappa shape index (κ3) is 4.00. The predicted molar refractivity (Wildman–Crippen MR) is 69.2 cm³/mol. The highest BCUT2D eigenvalue weighted by Gasteiger charge is 2.10. The normalized spacial score (nSPS) is 12.5. The summed E-state index contributed by atoms with van der Waals surface area (Å²) in [5, 5.41) is 9.34. The van der Waals surface area contributed by atoms with Gasteiger partial charge in [-0.3, -0.25) is 0 Å². The summed E-state index contributed by atoms with van der Waals surface area (Å²) in [6.45, 7) is 8.90. The molecule has 1 rings (SSSR count). The molecular formula is C14H23NO2. The molecule has 0 aliphatic rings. The molecule has 3 nitrogen and oxygen atoms in total. The first kappa shape index (κ1) is 14.0. The fraction of sp³-hybridized carbons (Fsp3) is 0.643. The number of pyridine rings is 1. The third-order valence-corrected chi connectivity index (χ3v) is 2.88. The van der Waals surface area contributed by atoms with Gasteiger partial charge in [-0.15, -0.1) is 0 Å². The van der Waals surface area contributed by atoms with E-state index in [4.69, 9.17) is 4.74 Å². The van der Waals surface area contributed by atoms with Gasteiger partial charge in [-0.2, -0.15) is 0 Å². The van der Waals surface area contributed by atoms with Crippen molar-refractivity contribution in [1.82, 2.24) is 4.98 Å². The monoisotopic (exact) mass is 237 g/mol. The van der Waals surface area contributed by atoms with Crippen molar-refractivity contribution in [1.29, 1.82) is 0 Å². The molecule has 0 saturated carbocycles. The lowest BCUT2D eigenvalue weighted by Gasteiger charge is -2.15. The van der Waals surface area contributed by atoms with Gasteiger partial charge in [0.2, 0.25) is 5.88 Å². The minimum Gasteiger partial charge on any atom is -0.477 e. The number of aliphatic hydroxyl groups is 1. The molecule has 0 saturated heterocycles. The highest BCUT2D eigenvalue weighted by molar-refractivity contribution is 5.35. The van der Waals surface area contributed by atoms with Gasteiger partial charge >= 0.3 is 0 Å². The Kier molecular flexibility index (Phi) is 5.42. The number of aryl methyl sites for hydroxylation is 2. The quantitative estimate of drug-likeness (QED) is 0.827. The van der Waals surface area contributed by atoms with E-state index in [0.29, 0.717) is 18.4 Å². The van der Waals surface area contributed by atoms with Crippen LogP contribution in [0.2, 0.25) is 0 Å². The molecule has 96 valence electrons. The third-order valence-electron chi connectivity index (χ3n) is 2.88. The molecule has 0 fully saturated rings. The van der Waals surface area contributed by atoms with Crippen molar-refractivity contribution in [2.75, 3.05) is 6.61 Å². The van der Waals surface area contributed by atoms with Gasteiger partial charge < -0.3 is 9.84 Å². The Morgan fingerprint density at radius 1 is 1.41 bits per heavy atom. The molecule has 1 aromatic rings. The van der Waals surface area contributed by atoms with Gasteiger partial charge in [0, 0.05) is 11.3 Å². The SMILES string of the molecule is CCCC(C)COc1nc(C)cc(C)c1CO. The highest BCUT2D eigenvalue weighted by Crippen LogP contribution is 2.21. The summed E-state index contributed by atoms with van der Waals surface area (Å²) in [6.07, 6.45) is 2.32. The van der Waals surface area contributed by atoms with Crippen LogP contribution in [0.1, 0.15) is 43.5 Å². The van der Waals surface area contributed by atoms with Crippen LogP contribution in [0.4, 0.5) is 0 Å². The molecule has 0 amide bonds. The van der Waals surface area contributed by atoms with Crippen molar-refractivity contribution in [2.24, 2.45) is 5.92 Å². The van der Waals surface area contributed by atoms with Crippen LogP contribution < -0.4 is 4.74 Å². The van der Waals surface area contributed by atoms with E-state index < -0.39 is 0 Å². The summed E-state index contributed by atoms with van der Waals surface area (Å²) in [4.78, 5) is 4.35. The van der Waals surface area contributed by atoms with Crippen LogP contribution in [0, 0.1) is 19.8 Å². The Morgan fingerprint density at radius 3 is 2.71 bits per heavy atom. The van der Waals surface area contributed by atoms with Crippen LogP contribution in [0.25, 0.3) is 0 Å². The van der Waals surface area contributed by atoms with Crippen molar-refractivity contribution < 1.29 is 9.84 Å². The molecule has 0 aliphatic heterocycles. The number of nitrogens with zero attached hydrogens (tertiary/aromatic N) is 1. The van der Waals surface area contributed by atoms with Crippen molar-refractivity contribution in [2.45, 2.75) is 47.1 Å². The van der Waals surface area contributed by atoms with E-state index in [9.17, 15) is 5.11 Å². The molecule has 1 N–H and O–H groups in total. The van der Waals surface area contributed by atoms with E-state index in [2.05, 4.69) is 18.8 Å². The lowest BCUT2D eigenvalue weighted by atomic mass is 10.1. The van der Waals surface area contributed by atoms with Crippen LogP contribution in [-0.4, -0.2) is 16.7 Å². The van der Waals surface area contributed by atoms with Crippen molar-refractivity contribution in [3.05, 3.63) is 22.9 Å². The maximum atomic E-state index is 9.34. The fourth-order valence-corrected chi connectivity index (χ4v) is 1.94. The summed E-state index contributed by atoms with van der Waals surface area (Å²) in [7, 11) is 0. The molecule has 3 heteroatoms. The first-order valence-electron chi connectivity index (χ1n) is 6.29. The number of aliphatic hydroxyl groups excluding tert-OH is 1. The summed E-state index contributed by atoms with van der Waals surface area (Å²) >= 11 is 0. The van der Waals surface area contributed by atoms with Crippen molar-refractivity contribution in [3.63, 3.8) is 0 Å². The Labute approximate surface area is 104 Å². The Morgan fingerprint density at radius 2 is 2.12 bits per heavy atom. The predicted octanol–water partition coefficient (Wildman–Crippen LogP) is 3.01. The fourth-order valence-electron chi connectivity index (χ4n) is 1.94. The van der Waals surface area contributed by atoms with Crippen molar-refractivity contribution >= 4 is 0 Å². The molecule has 1 atom stereocenters. The van der Waals surface area contributed by atoms with E-state index in [1.807, 2.05) is 19.9 Å². The molecular weight excluding hydrogens is 214 g/mol. The Bertz CT molecular complexity index is 363. The molecule has 0 radical (unpaired) electrons. The van der Waals surface area contributed by atoms with Crippen LogP contribution >= 0.6 is 0 Å². The molecule has 1 unspecified atom stereocenters. The summed E-state index contributed by atoms with van der Waals surface area (Å²) in [6, 6.07) is 1.97. The summed E-state index contributed by atoms with van der Waals surface area (Å²) in [5.41, 5.74) is 2.77. The average molecular weight is 237 g/mol. The van der Waals surface area contributed by atoms with E-state index in [0.717, 1.165) is 29.7 Å². The number of aromatic nitrogens is 1. The van der Waals surface area contributed by atoms with Gasteiger partial charge in [0.25, 0.3) is 0 Å². The van der Waals surface area contributed by atoms with Gasteiger partial charge in [-0.25, -0.2) is 4.98 Å². The first-order valence-corrected chi connectivity index (χ1v) is 6.29. The maximum Gasteiger partial charge on any atom is 0.219 e. The van der Waals surface area contributed by atoms with Crippen molar-refractivity contribution in [3.8, 4) is 5.88 Å². The standard InChI is InChI=1S/C14H23NO2/c1-5-6-10(2)9-17-14-13(8-16)11(3)7-12(4)15-14/h7,10,16H,5-6,8-9H2,1-4H3. The van der Waals surface area contributed by atoms with Gasteiger partial charge in [0.05, 0.1) is 13.2 Å².